The van der Waals surface area contributed by atoms with E-state index in [-0.39, 0.29) is 6.04 Å². The number of nitrogens with zero attached hydrogens (tertiary/aromatic N) is 2. The highest BCUT2D eigenvalue weighted by atomic mass is 16.4. The summed E-state index contributed by atoms with van der Waals surface area (Å²) in [5.41, 5.74) is 4.84. The normalized spacial score (nSPS) is 13.7. The van der Waals surface area contributed by atoms with Crippen LogP contribution in [0.15, 0.2) is 52.9 Å². The molecule has 124 valence electrons. The summed E-state index contributed by atoms with van der Waals surface area (Å²) in [6, 6.07) is 16.8. The zero-order valence-electron chi connectivity index (χ0n) is 14.7. The van der Waals surface area contributed by atoms with Gasteiger partial charge in [-0.05, 0) is 38.5 Å². The fourth-order valence-corrected chi connectivity index (χ4v) is 2.70. The first kappa shape index (κ1) is 16.4. The van der Waals surface area contributed by atoms with Crippen LogP contribution in [0.2, 0.25) is 0 Å². The van der Waals surface area contributed by atoms with Gasteiger partial charge >= 0.3 is 0 Å². The van der Waals surface area contributed by atoms with Gasteiger partial charge in [-0.1, -0.05) is 42.0 Å². The van der Waals surface area contributed by atoms with Gasteiger partial charge in [0.1, 0.15) is 6.54 Å². The maximum Gasteiger partial charge on any atom is 0.274 e. The minimum absolute atomic E-state index is 0.135. The van der Waals surface area contributed by atoms with Crippen molar-refractivity contribution in [1.29, 1.82) is 0 Å². The molecule has 3 rings (SSSR count). The molecule has 0 amide bonds. The molecule has 3 aromatic rings. The van der Waals surface area contributed by atoms with Crippen LogP contribution in [0.3, 0.4) is 0 Å². The van der Waals surface area contributed by atoms with Gasteiger partial charge in [0.15, 0.2) is 6.04 Å². The van der Waals surface area contributed by atoms with Gasteiger partial charge in [0, 0.05) is 11.1 Å². The third kappa shape index (κ3) is 3.54. The molecule has 0 fully saturated rings. The number of aromatic nitrogens is 2. The first-order valence-electron chi connectivity index (χ1n) is 8.32. The van der Waals surface area contributed by atoms with Crippen LogP contribution >= 0.6 is 0 Å². The lowest BCUT2D eigenvalue weighted by Gasteiger charge is -2.19. The molecular formula is C20H24N3O+. The fourth-order valence-electron chi connectivity index (χ4n) is 2.70. The van der Waals surface area contributed by atoms with E-state index >= 15 is 0 Å². The van der Waals surface area contributed by atoms with Crippen LogP contribution in [-0.4, -0.2) is 17.2 Å². The maximum absolute atomic E-state index is 5.92. The van der Waals surface area contributed by atoms with Crippen molar-refractivity contribution in [3.8, 4) is 11.5 Å². The summed E-state index contributed by atoms with van der Waals surface area (Å²) < 4.78 is 5.92. The largest absolute Gasteiger partial charge is 0.415 e. The lowest BCUT2D eigenvalue weighted by Crippen LogP contribution is -3.07. The first-order valence-corrected chi connectivity index (χ1v) is 8.32. The van der Waals surface area contributed by atoms with E-state index in [1.54, 1.807) is 0 Å². The van der Waals surface area contributed by atoms with Crippen LogP contribution in [0, 0.1) is 13.8 Å². The Balaban J connectivity index is 1.74. The number of aryl methyl sites for hydroxylation is 2. The summed E-state index contributed by atoms with van der Waals surface area (Å²) >= 11 is 0. The van der Waals surface area contributed by atoms with E-state index in [1.165, 1.54) is 21.6 Å². The highest BCUT2D eigenvalue weighted by Crippen LogP contribution is 2.20. The van der Waals surface area contributed by atoms with Crippen molar-refractivity contribution in [2.75, 3.05) is 7.05 Å². The Kier molecular flexibility index (Phi) is 4.76. The van der Waals surface area contributed by atoms with Crippen LogP contribution in [0.4, 0.5) is 0 Å². The average molecular weight is 322 g/mol. The summed E-state index contributed by atoms with van der Waals surface area (Å²) in [6.45, 7) is 7.26. The molecule has 0 aliphatic rings. The Hall–Kier alpha value is -2.46. The summed E-state index contributed by atoms with van der Waals surface area (Å²) in [5.74, 6) is 1.26. The Labute approximate surface area is 143 Å². The first-order chi connectivity index (χ1) is 11.5. The monoisotopic (exact) mass is 322 g/mol. The molecule has 0 saturated carbocycles. The molecule has 4 nitrogen and oxygen atoms in total. The number of quaternary nitrogens is 1. The standard InChI is InChI=1S/C20H23N3O/c1-14-9-11-17(12-10-14)20-22-21-19(24-20)16(3)23(4)13-18-8-6-5-7-15(18)2/h5-12,16H,13H2,1-4H3/p+1/t16-/m0/s1. The third-order valence-corrected chi connectivity index (χ3v) is 4.58. The number of hydrogen-bond acceptors (Lipinski definition) is 3. The predicted octanol–water partition coefficient (Wildman–Crippen LogP) is 3.13. The van der Waals surface area contributed by atoms with Crippen molar-refractivity contribution in [1.82, 2.24) is 10.2 Å². The minimum Gasteiger partial charge on any atom is -0.415 e. The van der Waals surface area contributed by atoms with E-state index in [4.69, 9.17) is 4.42 Å². The summed E-state index contributed by atoms with van der Waals surface area (Å²) in [4.78, 5) is 1.32. The highest BCUT2D eigenvalue weighted by molar-refractivity contribution is 5.52. The summed E-state index contributed by atoms with van der Waals surface area (Å²) in [5, 5.41) is 8.48. The molecule has 1 N–H and O–H groups in total. The van der Waals surface area contributed by atoms with Crippen LogP contribution in [-0.2, 0) is 6.54 Å². The van der Waals surface area contributed by atoms with E-state index in [2.05, 4.69) is 74.4 Å². The van der Waals surface area contributed by atoms with Crippen molar-refractivity contribution < 1.29 is 9.32 Å². The zero-order valence-corrected chi connectivity index (χ0v) is 14.7. The van der Waals surface area contributed by atoms with Crippen LogP contribution in [0.1, 0.15) is 35.5 Å². The molecule has 1 heterocycles. The van der Waals surface area contributed by atoms with Gasteiger partial charge in [-0.2, -0.15) is 0 Å². The van der Waals surface area contributed by atoms with Crippen molar-refractivity contribution in [2.45, 2.75) is 33.4 Å². The van der Waals surface area contributed by atoms with Gasteiger partial charge in [0.2, 0.25) is 5.89 Å². The van der Waals surface area contributed by atoms with Gasteiger partial charge in [-0.15, -0.1) is 10.2 Å². The smallest absolute Gasteiger partial charge is 0.274 e. The average Bonchev–Trinajstić information content (AvgIpc) is 3.07. The third-order valence-electron chi connectivity index (χ3n) is 4.58. The highest BCUT2D eigenvalue weighted by Gasteiger charge is 2.23. The lowest BCUT2D eigenvalue weighted by atomic mass is 10.1. The fraction of sp³-hybridized carbons (Fsp3) is 0.300. The molecule has 1 aromatic heterocycles. The van der Waals surface area contributed by atoms with E-state index in [9.17, 15) is 0 Å². The van der Waals surface area contributed by atoms with Crippen molar-refractivity contribution >= 4 is 0 Å². The molecule has 0 spiro atoms. The molecule has 0 aliphatic heterocycles. The van der Waals surface area contributed by atoms with E-state index in [0.29, 0.717) is 11.8 Å². The molecule has 1 unspecified atom stereocenters. The number of hydrogen-bond donors (Lipinski definition) is 1. The number of rotatable bonds is 5. The SMILES string of the molecule is Cc1ccc(-c2nnc([C@H](C)[NH+](C)Cc3ccccc3C)o2)cc1. The van der Waals surface area contributed by atoms with Crippen LogP contribution in [0.25, 0.3) is 11.5 Å². The second kappa shape index (κ2) is 6.97. The van der Waals surface area contributed by atoms with Gasteiger partial charge < -0.3 is 9.32 Å². The van der Waals surface area contributed by atoms with E-state index in [1.807, 2.05) is 12.1 Å². The zero-order chi connectivity index (χ0) is 17.1. The second-order valence-corrected chi connectivity index (χ2v) is 6.48. The molecule has 2 atom stereocenters. The minimum atomic E-state index is 0.135. The number of nitrogens with one attached hydrogen (secondary N) is 1. The van der Waals surface area contributed by atoms with E-state index < -0.39 is 0 Å². The van der Waals surface area contributed by atoms with Crippen LogP contribution < -0.4 is 4.90 Å². The molecule has 0 radical (unpaired) electrons. The van der Waals surface area contributed by atoms with Gasteiger partial charge in [0.25, 0.3) is 5.89 Å². The van der Waals surface area contributed by atoms with Gasteiger partial charge in [0.05, 0.1) is 7.05 Å². The van der Waals surface area contributed by atoms with Crippen molar-refractivity contribution in [2.24, 2.45) is 0 Å². The second-order valence-electron chi connectivity index (χ2n) is 6.48. The molecule has 0 aliphatic carbocycles. The van der Waals surface area contributed by atoms with Gasteiger partial charge in [-0.3, -0.25) is 0 Å². The van der Waals surface area contributed by atoms with Gasteiger partial charge in [-0.25, -0.2) is 0 Å². The van der Waals surface area contributed by atoms with Crippen molar-refractivity contribution in [3.05, 3.63) is 71.1 Å². The summed E-state index contributed by atoms with van der Waals surface area (Å²) in [6.07, 6.45) is 0. The Morgan fingerprint density at radius 2 is 1.71 bits per heavy atom. The Morgan fingerprint density at radius 3 is 2.42 bits per heavy atom. The van der Waals surface area contributed by atoms with Crippen molar-refractivity contribution in [3.63, 3.8) is 0 Å². The Morgan fingerprint density at radius 1 is 1.00 bits per heavy atom. The molecule has 2 aromatic carbocycles. The molecule has 24 heavy (non-hydrogen) atoms. The summed E-state index contributed by atoms with van der Waals surface area (Å²) in [7, 11) is 2.16. The maximum atomic E-state index is 5.92. The molecule has 0 bridgehead atoms. The Bertz CT molecular complexity index is 808. The molecular weight excluding hydrogens is 298 g/mol. The number of benzene rings is 2. The van der Waals surface area contributed by atoms with E-state index in [0.717, 1.165) is 12.1 Å². The van der Waals surface area contributed by atoms with Crippen LogP contribution in [0.5, 0.6) is 0 Å². The predicted molar refractivity (Wildman–Crippen MR) is 94.7 cm³/mol. The lowest BCUT2D eigenvalue weighted by molar-refractivity contribution is -0.925. The molecule has 0 saturated heterocycles. The quantitative estimate of drug-likeness (QED) is 0.785. The topological polar surface area (TPSA) is 43.4 Å². The molecule has 4 heteroatoms.